The van der Waals surface area contributed by atoms with E-state index >= 15 is 0 Å². The maximum atomic E-state index is 12.4. The van der Waals surface area contributed by atoms with E-state index in [0.29, 0.717) is 25.1 Å². The van der Waals surface area contributed by atoms with Crippen LogP contribution in [0.3, 0.4) is 0 Å². The lowest BCUT2D eigenvalue weighted by Crippen LogP contribution is -2.41. The molecule has 0 aromatic heterocycles. The van der Waals surface area contributed by atoms with Crippen molar-refractivity contribution >= 4 is 5.91 Å². The number of benzene rings is 1. The van der Waals surface area contributed by atoms with Crippen LogP contribution in [0.2, 0.25) is 0 Å². The Morgan fingerprint density at radius 2 is 2.05 bits per heavy atom. The second-order valence-corrected chi connectivity index (χ2v) is 5.62. The fourth-order valence-corrected chi connectivity index (χ4v) is 2.84. The summed E-state index contributed by atoms with van der Waals surface area (Å²) in [5.74, 6) is 0.457. The van der Waals surface area contributed by atoms with Gasteiger partial charge < -0.3 is 15.2 Å². The summed E-state index contributed by atoms with van der Waals surface area (Å²) in [4.78, 5) is 12.4. The van der Waals surface area contributed by atoms with Crippen LogP contribution < -0.4 is 10.1 Å². The average Bonchev–Trinajstić information content (AvgIpc) is 2.59. The molecule has 1 amide bonds. The molecule has 0 radical (unpaired) electrons. The van der Waals surface area contributed by atoms with Crippen LogP contribution in [0.1, 0.15) is 37.7 Å². The first-order chi connectivity index (χ1) is 10.7. The van der Waals surface area contributed by atoms with Gasteiger partial charge in [0.15, 0.2) is 0 Å². The lowest BCUT2D eigenvalue weighted by molar-refractivity contribution is -0.129. The first-order valence-electron chi connectivity index (χ1n) is 7.73. The fraction of sp³-hybridized carbons (Fsp3) is 0.529. The Hall–Kier alpha value is -2.06. The molecule has 1 aliphatic rings. The molecule has 22 heavy (non-hydrogen) atoms. The first-order valence-corrected chi connectivity index (χ1v) is 7.73. The third-order valence-corrected chi connectivity index (χ3v) is 4.12. The number of hydrogen-bond acceptors (Lipinski definition) is 4. The number of rotatable bonds is 6. The van der Waals surface area contributed by atoms with Gasteiger partial charge in [0.25, 0.3) is 0 Å². The van der Waals surface area contributed by atoms with E-state index < -0.39 is 5.41 Å². The van der Waals surface area contributed by atoms with Crippen molar-refractivity contribution in [3.05, 3.63) is 29.8 Å². The van der Waals surface area contributed by atoms with E-state index in [2.05, 4.69) is 11.4 Å². The number of nitrogens with zero attached hydrogens (tertiary/aromatic N) is 1. The Bertz CT molecular complexity index is 545. The van der Waals surface area contributed by atoms with Crippen molar-refractivity contribution in [2.24, 2.45) is 5.41 Å². The van der Waals surface area contributed by atoms with Gasteiger partial charge in [0.2, 0.25) is 5.91 Å². The molecule has 5 heteroatoms. The number of carbonyl (C=O) groups is 1. The summed E-state index contributed by atoms with van der Waals surface area (Å²) in [5, 5.41) is 21.1. The maximum absolute atomic E-state index is 12.4. The number of para-hydroxylation sites is 1. The molecule has 0 atom stereocenters. The van der Waals surface area contributed by atoms with Gasteiger partial charge in [-0.3, -0.25) is 4.79 Å². The number of ether oxygens (including phenoxy) is 1. The third-order valence-electron chi connectivity index (χ3n) is 4.12. The predicted molar refractivity (Wildman–Crippen MR) is 82.0 cm³/mol. The summed E-state index contributed by atoms with van der Waals surface area (Å²) in [7, 11) is 0. The number of carbonyl (C=O) groups excluding carboxylic acids is 1. The van der Waals surface area contributed by atoms with E-state index in [1.807, 2.05) is 18.2 Å². The molecule has 118 valence electrons. The van der Waals surface area contributed by atoms with E-state index in [9.17, 15) is 10.1 Å². The minimum absolute atomic E-state index is 0.0573. The highest BCUT2D eigenvalue weighted by Gasteiger charge is 2.39. The second-order valence-electron chi connectivity index (χ2n) is 5.62. The van der Waals surface area contributed by atoms with Crippen LogP contribution >= 0.6 is 0 Å². The molecular formula is C17H22N2O3. The Kier molecular flexibility index (Phi) is 5.79. The van der Waals surface area contributed by atoms with Crippen molar-refractivity contribution in [1.82, 2.24) is 5.32 Å². The van der Waals surface area contributed by atoms with Crippen LogP contribution in [0, 0.1) is 16.7 Å². The summed E-state index contributed by atoms with van der Waals surface area (Å²) in [6.45, 7) is 0.481. The quantitative estimate of drug-likeness (QED) is 0.843. The number of aliphatic hydroxyl groups is 1. The van der Waals surface area contributed by atoms with Crippen molar-refractivity contribution in [1.29, 1.82) is 5.26 Å². The van der Waals surface area contributed by atoms with Gasteiger partial charge >= 0.3 is 0 Å². The SMILES string of the molecule is N#CC1(C(=O)NCc2ccccc2OCCO)CCCCC1. The lowest BCUT2D eigenvalue weighted by atomic mass is 9.74. The van der Waals surface area contributed by atoms with E-state index in [-0.39, 0.29) is 19.1 Å². The largest absolute Gasteiger partial charge is 0.491 e. The Morgan fingerprint density at radius 3 is 2.73 bits per heavy atom. The predicted octanol–water partition coefficient (Wildman–Crippen LogP) is 2.15. The monoisotopic (exact) mass is 302 g/mol. The van der Waals surface area contributed by atoms with Crippen molar-refractivity contribution in [2.45, 2.75) is 38.6 Å². The van der Waals surface area contributed by atoms with Crippen molar-refractivity contribution < 1.29 is 14.6 Å². The van der Waals surface area contributed by atoms with Crippen LogP contribution in [-0.2, 0) is 11.3 Å². The highest BCUT2D eigenvalue weighted by Crippen LogP contribution is 2.36. The maximum Gasteiger partial charge on any atom is 0.240 e. The highest BCUT2D eigenvalue weighted by atomic mass is 16.5. The Morgan fingerprint density at radius 1 is 1.32 bits per heavy atom. The third kappa shape index (κ3) is 3.77. The molecule has 0 spiro atoms. The smallest absolute Gasteiger partial charge is 0.240 e. The first kappa shape index (κ1) is 16.3. The molecule has 1 aromatic carbocycles. The average molecular weight is 302 g/mol. The molecule has 0 bridgehead atoms. The number of hydrogen-bond donors (Lipinski definition) is 2. The molecule has 5 nitrogen and oxygen atoms in total. The van der Waals surface area contributed by atoms with E-state index in [1.165, 1.54) is 0 Å². The molecule has 0 saturated heterocycles. The molecular weight excluding hydrogens is 280 g/mol. The zero-order valence-corrected chi connectivity index (χ0v) is 12.7. The van der Waals surface area contributed by atoms with Gasteiger partial charge in [-0.05, 0) is 18.9 Å². The lowest BCUT2D eigenvalue weighted by Gasteiger charge is -2.29. The highest BCUT2D eigenvalue weighted by molar-refractivity contribution is 5.85. The minimum Gasteiger partial charge on any atom is -0.491 e. The molecule has 0 heterocycles. The molecule has 2 rings (SSSR count). The molecule has 1 aromatic rings. The molecule has 0 aliphatic heterocycles. The van der Waals surface area contributed by atoms with Gasteiger partial charge in [0, 0.05) is 12.1 Å². The Labute approximate surface area is 130 Å². The zero-order valence-electron chi connectivity index (χ0n) is 12.7. The number of nitriles is 1. The van der Waals surface area contributed by atoms with Crippen LogP contribution in [0.5, 0.6) is 5.75 Å². The standard InChI is InChI=1S/C17H22N2O3/c18-13-17(8-4-1-5-9-17)16(21)19-12-14-6-2-3-7-15(14)22-11-10-20/h2-3,6-7,20H,1,4-5,8-12H2,(H,19,21). The number of aliphatic hydroxyl groups excluding tert-OH is 1. The van der Waals surface area contributed by atoms with Crippen LogP contribution in [0.25, 0.3) is 0 Å². The zero-order chi connectivity index (χ0) is 15.8. The van der Waals surface area contributed by atoms with E-state index in [0.717, 1.165) is 24.8 Å². The van der Waals surface area contributed by atoms with Gasteiger partial charge in [-0.15, -0.1) is 0 Å². The second kappa shape index (κ2) is 7.81. The number of amides is 1. The molecule has 1 fully saturated rings. The van der Waals surface area contributed by atoms with Crippen LogP contribution in [0.15, 0.2) is 24.3 Å². The molecule has 2 N–H and O–H groups in total. The normalized spacial score (nSPS) is 16.5. The van der Waals surface area contributed by atoms with Gasteiger partial charge in [0.1, 0.15) is 17.8 Å². The van der Waals surface area contributed by atoms with Gasteiger partial charge in [0.05, 0.1) is 12.7 Å². The van der Waals surface area contributed by atoms with Crippen LogP contribution in [-0.4, -0.2) is 24.2 Å². The van der Waals surface area contributed by atoms with Gasteiger partial charge in [-0.25, -0.2) is 0 Å². The summed E-state index contributed by atoms with van der Waals surface area (Å²) < 4.78 is 5.45. The van der Waals surface area contributed by atoms with Gasteiger partial charge in [-0.2, -0.15) is 5.26 Å². The summed E-state index contributed by atoms with van der Waals surface area (Å²) in [6, 6.07) is 9.61. The molecule has 1 aliphatic carbocycles. The van der Waals surface area contributed by atoms with Gasteiger partial charge in [-0.1, -0.05) is 37.5 Å². The van der Waals surface area contributed by atoms with E-state index in [4.69, 9.17) is 9.84 Å². The summed E-state index contributed by atoms with van der Waals surface area (Å²) in [6.07, 6.45) is 4.22. The van der Waals surface area contributed by atoms with Crippen molar-refractivity contribution in [2.75, 3.05) is 13.2 Å². The minimum atomic E-state index is -0.876. The van der Waals surface area contributed by atoms with E-state index in [1.54, 1.807) is 6.07 Å². The van der Waals surface area contributed by atoms with Crippen molar-refractivity contribution in [3.8, 4) is 11.8 Å². The van der Waals surface area contributed by atoms with Crippen LogP contribution in [0.4, 0.5) is 0 Å². The topological polar surface area (TPSA) is 82.4 Å². The molecule has 0 unspecified atom stereocenters. The Balaban J connectivity index is 2.00. The summed E-state index contributed by atoms with van der Waals surface area (Å²) in [5.41, 5.74) is -0.0349. The van der Waals surface area contributed by atoms with Crippen molar-refractivity contribution in [3.63, 3.8) is 0 Å². The summed E-state index contributed by atoms with van der Waals surface area (Å²) >= 11 is 0. The molecule has 1 saturated carbocycles. The number of nitrogens with one attached hydrogen (secondary N) is 1. The fourth-order valence-electron chi connectivity index (χ4n) is 2.84.